The molecule has 9 heteroatoms. The largest absolute Gasteiger partial charge is 0.495 e. The lowest BCUT2D eigenvalue weighted by Crippen LogP contribution is -2.44. The second-order valence-corrected chi connectivity index (χ2v) is 7.73. The highest BCUT2D eigenvalue weighted by Gasteiger charge is 2.28. The number of hydrogen-bond donors (Lipinski definition) is 4. The molecule has 0 aliphatic heterocycles. The van der Waals surface area contributed by atoms with Crippen LogP contribution in [0.1, 0.15) is 45.6 Å². The first-order valence-electron chi connectivity index (χ1n) is 10.7. The van der Waals surface area contributed by atoms with Crippen LogP contribution in [0.3, 0.4) is 0 Å². The van der Waals surface area contributed by atoms with Gasteiger partial charge in [-0.3, -0.25) is 0 Å². The highest BCUT2D eigenvalue weighted by atomic mass is 16.6. The number of carbonyl (C=O) groups excluding carboxylic acids is 2. The van der Waals surface area contributed by atoms with Gasteiger partial charge in [0.05, 0.1) is 30.8 Å². The van der Waals surface area contributed by atoms with Crippen molar-refractivity contribution < 1.29 is 19.1 Å². The fourth-order valence-corrected chi connectivity index (χ4v) is 3.16. The Hall–Kier alpha value is -3.93. The predicted octanol–water partition coefficient (Wildman–Crippen LogP) is 4.97. The summed E-state index contributed by atoms with van der Waals surface area (Å²) < 4.78 is 10.5. The molecule has 0 heterocycles. The maximum Gasteiger partial charge on any atom is 0.408 e. The maximum absolute atomic E-state index is 12.5. The molecule has 0 radical (unpaired) electrons. The number of benzene rings is 2. The van der Waals surface area contributed by atoms with E-state index in [2.05, 4.69) is 16.0 Å². The maximum atomic E-state index is 12.5. The van der Waals surface area contributed by atoms with Crippen molar-refractivity contribution in [1.29, 1.82) is 5.26 Å². The molecule has 0 aromatic heterocycles. The summed E-state index contributed by atoms with van der Waals surface area (Å²) in [6.07, 6.45) is 0.229. The van der Waals surface area contributed by atoms with Crippen LogP contribution in [0.15, 0.2) is 42.5 Å². The summed E-state index contributed by atoms with van der Waals surface area (Å²) in [4.78, 5) is 24.9. The molecule has 0 saturated carbocycles. The Bertz CT molecular complexity index is 1020. The number of methoxy groups -OCH3 is 1. The molecule has 2 aromatic rings. The topological polar surface area (TPSA) is 138 Å². The van der Waals surface area contributed by atoms with Crippen molar-refractivity contribution in [3.63, 3.8) is 0 Å². The SMILES string of the molecule is CC[C@@H](CC#N)OC(=O)NC(C)(CC)c1cccc(NC(=O)Nc2ccc(N)c(OC)c2)c1. The molecular weight excluding hydrogens is 422 g/mol. The molecule has 0 saturated heterocycles. The van der Waals surface area contributed by atoms with Gasteiger partial charge >= 0.3 is 12.1 Å². The number of nitrogens with two attached hydrogens (primary N) is 1. The summed E-state index contributed by atoms with van der Waals surface area (Å²) in [5.74, 6) is 0.464. The minimum Gasteiger partial charge on any atom is -0.495 e. The monoisotopic (exact) mass is 453 g/mol. The van der Waals surface area contributed by atoms with Crippen molar-refractivity contribution in [1.82, 2.24) is 5.32 Å². The van der Waals surface area contributed by atoms with Gasteiger partial charge in [0.25, 0.3) is 0 Å². The molecule has 176 valence electrons. The minimum atomic E-state index is -0.736. The van der Waals surface area contributed by atoms with Crippen LogP contribution in [0.25, 0.3) is 0 Å². The van der Waals surface area contributed by atoms with Crippen LogP contribution < -0.4 is 26.4 Å². The number of nitriles is 1. The van der Waals surface area contributed by atoms with Crippen LogP contribution in [0.5, 0.6) is 5.75 Å². The van der Waals surface area contributed by atoms with E-state index in [1.807, 2.05) is 32.9 Å². The van der Waals surface area contributed by atoms with Gasteiger partial charge in [0.2, 0.25) is 0 Å². The summed E-state index contributed by atoms with van der Waals surface area (Å²) in [5, 5.41) is 17.3. The summed E-state index contributed by atoms with van der Waals surface area (Å²) in [6.45, 7) is 5.67. The molecule has 2 rings (SSSR count). The lowest BCUT2D eigenvalue weighted by atomic mass is 9.89. The Morgan fingerprint density at radius 2 is 1.85 bits per heavy atom. The molecule has 0 aliphatic rings. The third kappa shape index (κ3) is 7.04. The summed E-state index contributed by atoms with van der Waals surface area (Å²) >= 11 is 0. The Morgan fingerprint density at radius 3 is 2.45 bits per heavy atom. The van der Waals surface area contributed by atoms with Gasteiger partial charge in [0.1, 0.15) is 11.9 Å². The minimum absolute atomic E-state index is 0.140. The van der Waals surface area contributed by atoms with Crippen molar-refractivity contribution in [2.45, 2.75) is 51.7 Å². The van der Waals surface area contributed by atoms with Crippen LogP contribution in [-0.4, -0.2) is 25.3 Å². The highest BCUT2D eigenvalue weighted by molar-refractivity contribution is 6.00. The molecule has 0 aliphatic carbocycles. The zero-order valence-electron chi connectivity index (χ0n) is 19.4. The Labute approximate surface area is 194 Å². The molecule has 2 aromatic carbocycles. The molecule has 9 nitrogen and oxygen atoms in total. The number of urea groups is 1. The van der Waals surface area contributed by atoms with Gasteiger partial charge in [-0.1, -0.05) is 26.0 Å². The molecule has 0 fully saturated rings. The second-order valence-electron chi connectivity index (χ2n) is 7.73. The Morgan fingerprint density at radius 1 is 1.15 bits per heavy atom. The molecule has 0 spiro atoms. The number of anilines is 3. The van der Waals surface area contributed by atoms with Gasteiger partial charge in [-0.15, -0.1) is 0 Å². The number of amides is 3. The van der Waals surface area contributed by atoms with E-state index < -0.39 is 23.8 Å². The van der Waals surface area contributed by atoms with Gasteiger partial charge in [-0.25, -0.2) is 9.59 Å². The fraction of sp³-hybridized carbons (Fsp3) is 0.375. The smallest absolute Gasteiger partial charge is 0.408 e. The number of carbonyl (C=O) groups is 2. The number of hydrogen-bond acceptors (Lipinski definition) is 6. The van der Waals surface area contributed by atoms with E-state index in [-0.39, 0.29) is 6.42 Å². The van der Waals surface area contributed by atoms with E-state index >= 15 is 0 Å². The summed E-state index contributed by atoms with van der Waals surface area (Å²) in [5.41, 5.74) is 7.41. The van der Waals surface area contributed by atoms with Crippen molar-refractivity contribution in [2.24, 2.45) is 0 Å². The first-order chi connectivity index (χ1) is 15.7. The van der Waals surface area contributed by atoms with E-state index in [1.165, 1.54) is 7.11 Å². The third-order valence-electron chi connectivity index (χ3n) is 5.38. The molecule has 3 amide bonds. The lowest BCUT2D eigenvalue weighted by Gasteiger charge is -2.31. The van der Waals surface area contributed by atoms with Crippen LogP contribution in [-0.2, 0) is 10.3 Å². The zero-order chi connectivity index (χ0) is 24.4. The average Bonchev–Trinajstić information content (AvgIpc) is 2.79. The molecule has 1 unspecified atom stereocenters. The van der Waals surface area contributed by atoms with Gasteiger partial charge in [-0.2, -0.15) is 5.26 Å². The lowest BCUT2D eigenvalue weighted by molar-refractivity contribution is 0.0880. The number of nitrogen functional groups attached to an aromatic ring is 1. The first-order valence-corrected chi connectivity index (χ1v) is 10.7. The van der Waals surface area contributed by atoms with Gasteiger partial charge in [0, 0.05) is 17.4 Å². The van der Waals surface area contributed by atoms with Gasteiger partial charge < -0.3 is 31.2 Å². The standard InChI is InChI=1S/C24H31N5O4/c1-5-19(12-13-25)33-23(31)29-24(3,6-2)16-8-7-9-17(14-16)27-22(30)28-18-10-11-20(26)21(15-18)32-4/h7-11,14-15,19H,5-6,12,26H2,1-4H3,(H,29,31)(H2,27,28,30)/t19-,24?/m0/s1. The predicted molar refractivity (Wildman–Crippen MR) is 128 cm³/mol. The number of nitrogens with zero attached hydrogens (tertiary/aromatic N) is 1. The molecule has 2 atom stereocenters. The quantitative estimate of drug-likeness (QED) is 0.396. The Kier molecular flexibility index (Phi) is 8.92. The number of ether oxygens (including phenoxy) is 2. The van der Waals surface area contributed by atoms with E-state index in [4.69, 9.17) is 20.5 Å². The number of rotatable bonds is 9. The van der Waals surface area contributed by atoms with E-state index in [0.717, 1.165) is 5.56 Å². The van der Waals surface area contributed by atoms with Crippen molar-refractivity contribution in [3.8, 4) is 11.8 Å². The van der Waals surface area contributed by atoms with Crippen molar-refractivity contribution in [3.05, 3.63) is 48.0 Å². The fourth-order valence-electron chi connectivity index (χ4n) is 3.16. The van der Waals surface area contributed by atoms with Gasteiger partial charge in [0.15, 0.2) is 0 Å². The van der Waals surface area contributed by atoms with Gasteiger partial charge in [-0.05, 0) is 49.6 Å². The van der Waals surface area contributed by atoms with Crippen LogP contribution in [0.4, 0.5) is 26.7 Å². The normalized spacial score (nSPS) is 13.1. The Balaban J connectivity index is 2.10. The van der Waals surface area contributed by atoms with E-state index in [1.54, 1.807) is 36.4 Å². The summed E-state index contributed by atoms with van der Waals surface area (Å²) in [7, 11) is 1.50. The zero-order valence-corrected chi connectivity index (χ0v) is 19.4. The van der Waals surface area contributed by atoms with Crippen LogP contribution in [0.2, 0.25) is 0 Å². The molecular formula is C24H31N5O4. The van der Waals surface area contributed by atoms with Crippen LogP contribution in [0, 0.1) is 11.3 Å². The summed E-state index contributed by atoms with van der Waals surface area (Å²) in [6, 6.07) is 13.7. The van der Waals surface area contributed by atoms with E-state index in [0.29, 0.717) is 35.7 Å². The van der Waals surface area contributed by atoms with Crippen LogP contribution >= 0.6 is 0 Å². The van der Waals surface area contributed by atoms with Crippen molar-refractivity contribution >= 4 is 29.2 Å². The number of nitrogens with one attached hydrogen (secondary N) is 3. The third-order valence-corrected chi connectivity index (χ3v) is 5.38. The number of alkyl carbamates (subject to hydrolysis) is 1. The molecule has 0 bridgehead atoms. The van der Waals surface area contributed by atoms with E-state index in [9.17, 15) is 9.59 Å². The van der Waals surface area contributed by atoms with Crippen molar-refractivity contribution in [2.75, 3.05) is 23.5 Å². The second kappa shape index (κ2) is 11.6. The first kappa shape index (κ1) is 25.3. The average molecular weight is 454 g/mol. The molecule has 5 N–H and O–H groups in total. The highest BCUT2D eigenvalue weighted by Crippen LogP contribution is 2.28. The molecule has 33 heavy (non-hydrogen) atoms.